The van der Waals surface area contributed by atoms with E-state index < -0.39 is 23.6 Å². The third-order valence-electron chi connectivity index (χ3n) is 2.77. The monoisotopic (exact) mass is 309 g/mol. The predicted molar refractivity (Wildman–Crippen MR) is 84.2 cm³/mol. The van der Waals surface area contributed by atoms with Crippen molar-refractivity contribution in [1.82, 2.24) is 5.32 Å². The zero-order valence-electron chi connectivity index (χ0n) is 13.3. The van der Waals surface area contributed by atoms with Crippen LogP contribution in [0.3, 0.4) is 0 Å². The molecule has 0 heterocycles. The highest BCUT2D eigenvalue weighted by Gasteiger charge is 2.22. The van der Waals surface area contributed by atoms with E-state index >= 15 is 0 Å². The Kier molecular flexibility index (Phi) is 7.05. The summed E-state index contributed by atoms with van der Waals surface area (Å²) in [4.78, 5) is 11.9. The molecule has 4 nitrogen and oxygen atoms in total. The third kappa shape index (κ3) is 7.22. The third-order valence-corrected chi connectivity index (χ3v) is 2.77. The molecule has 0 aliphatic carbocycles. The highest BCUT2D eigenvalue weighted by atomic mass is 19.1. The van der Waals surface area contributed by atoms with Crippen LogP contribution in [0.1, 0.15) is 32.8 Å². The molecular formula is C17H24FNO3. The Labute approximate surface area is 131 Å². The average Bonchev–Trinajstić information content (AvgIpc) is 2.43. The number of aliphatic hydroxyl groups excluding tert-OH is 1. The van der Waals surface area contributed by atoms with E-state index in [1.54, 1.807) is 20.8 Å². The maximum atomic E-state index is 14.2. The van der Waals surface area contributed by atoms with E-state index in [0.29, 0.717) is 6.42 Å². The van der Waals surface area contributed by atoms with E-state index in [1.165, 1.54) is 6.08 Å². The van der Waals surface area contributed by atoms with Crippen molar-refractivity contribution in [2.45, 2.75) is 45.3 Å². The van der Waals surface area contributed by atoms with Gasteiger partial charge in [-0.1, -0.05) is 30.3 Å². The maximum Gasteiger partial charge on any atom is 0.408 e. The van der Waals surface area contributed by atoms with Crippen molar-refractivity contribution in [3.63, 3.8) is 0 Å². The number of aliphatic hydroxyl groups is 1. The van der Waals surface area contributed by atoms with Crippen molar-refractivity contribution in [2.75, 3.05) is 6.61 Å². The minimum Gasteiger partial charge on any atom is -0.444 e. The fourth-order valence-corrected chi connectivity index (χ4v) is 1.86. The molecule has 1 atom stereocenters. The second kappa shape index (κ2) is 8.54. The first-order chi connectivity index (χ1) is 10.3. The van der Waals surface area contributed by atoms with Crippen molar-refractivity contribution >= 4 is 6.09 Å². The van der Waals surface area contributed by atoms with Gasteiger partial charge in [0.05, 0.1) is 6.04 Å². The number of amides is 1. The van der Waals surface area contributed by atoms with Gasteiger partial charge in [-0.3, -0.25) is 0 Å². The van der Waals surface area contributed by atoms with Gasteiger partial charge < -0.3 is 15.2 Å². The van der Waals surface area contributed by atoms with Crippen LogP contribution in [0.5, 0.6) is 0 Å². The summed E-state index contributed by atoms with van der Waals surface area (Å²) in [5.41, 5.74) is 0.253. The minimum absolute atomic E-state index is 0.141. The molecule has 1 rings (SSSR count). The van der Waals surface area contributed by atoms with Crippen LogP contribution in [0, 0.1) is 0 Å². The minimum atomic E-state index is -0.816. The highest BCUT2D eigenvalue weighted by molar-refractivity contribution is 5.68. The second-order valence-corrected chi connectivity index (χ2v) is 5.99. The summed E-state index contributed by atoms with van der Waals surface area (Å²) >= 11 is 0. The van der Waals surface area contributed by atoms with Crippen LogP contribution in [0.4, 0.5) is 9.18 Å². The van der Waals surface area contributed by atoms with E-state index in [1.807, 2.05) is 30.3 Å². The number of carbonyl (C=O) groups excluding carboxylic acids is 1. The Bertz CT molecular complexity index is 494. The Hall–Kier alpha value is -1.88. The number of rotatable bonds is 6. The summed E-state index contributed by atoms with van der Waals surface area (Å²) < 4.78 is 19.4. The van der Waals surface area contributed by atoms with E-state index in [-0.39, 0.29) is 13.0 Å². The normalized spacial score (nSPS) is 13.6. The van der Waals surface area contributed by atoms with Gasteiger partial charge in [0.25, 0.3) is 0 Å². The zero-order chi connectivity index (χ0) is 16.6. The molecule has 0 spiro atoms. The van der Waals surface area contributed by atoms with Gasteiger partial charge in [0.15, 0.2) is 0 Å². The Morgan fingerprint density at radius 3 is 2.55 bits per heavy atom. The summed E-state index contributed by atoms with van der Waals surface area (Å²) in [6, 6.07) is 8.50. The standard InChI is InChI=1S/C17H24FNO3/c1-17(2,3)22-16(21)19-15(14(18)10-7-11-20)12-13-8-5-4-6-9-13/h4-6,8-10,15,20H,7,11-12H2,1-3H3,(H,19,21)/t15-/m0/s1. The second-order valence-electron chi connectivity index (χ2n) is 5.99. The molecule has 5 heteroatoms. The van der Waals surface area contributed by atoms with Crippen LogP contribution in [-0.2, 0) is 11.2 Å². The predicted octanol–water partition coefficient (Wildman–Crippen LogP) is 3.36. The Morgan fingerprint density at radius 2 is 2.00 bits per heavy atom. The summed E-state index contributed by atoms with van der Waals surface area (Å²) in [5, 5.41) is 11.3. The van der Waals surface area contributed by atoms with E-state index in [4.69, 9.17) is 9.84 Å². The molecule has 0 aliphatic heterocycles. The molecular weight excluding hydrogens is 285 g/mol. The van der Waals surface area contributed by atoms with Crippen LogP contribution in [-0.4, -0.2) is 29.4 Å². The molecule has 1 aromatic rings. The lowest BCUT2D eigenvalue weighted by Crippen LogP contribution is -2.40. The number of nitrogens with one attached hydrogen (secondary N) is 1. The summed E-state index contributed by atoms with van der Waals surface area (Å²) in [6.07, 6.45) is 1.13. The van der Waals surface area contributed by atoms with Crippen LogP contribution >= 0.6 is 0 Å². The van der Waals surface area contributed by atoms with Crippen LogP contribution in [0.25, 0.3) is 0 Å². The molecule has 1 aromatic carbocycles. The van der Waals surface area contributed by atoms with Gasteiger partial charge in [-0.2, -0.15) is 0 Å². The fourth-order valence-electron chi connectivity index (χ4n) is 1.86. The summed E-state index contributed by atoms with van der Waals surface area (Å²) in [7, 11) is 0. The Balaban J connectivity index is 2.80. The lowest BCUT2D eigenvalue weighted by atomic mass is 10.0. The number of hydrogen-bond donors (Lipinski definition) is 2. The van der Waals surface area contributed by atoms with Crippen molar-refractivity contribution in [2.24, 2.45) is 0 Å². The average molecular weight is 309 g/mol. The summed E-state index contributed by atoms with van der Waals surface area (Å²) in [5.74, 6) is -0.483. The maximum absolute atomic E-state index is 14.2. The van der Waals surface area contributed by atoms with Gasteiger partial charge in [0.2, 0.25) is 0 Å². The molecule has 22 heavy (non-hydrogen) atoms. The SMILES string of the molecule is CC(C)(C)OC(=O)N[C@@H](Cc1ccccc1)C(F)=CCCO. The molecule has 0 aliphatic rings. The largest absolute Gasteiger partial charge is 0.444 e. The molecule has 0 saturated carbocycles. The van der Waals surface area contributed by atoms with Gasteiger partial charge >= 0.3 is 6.09 Å². The number of halogens is 1. The molecule has 122 valence electrons. The molecule has 0 unspecified atom stereocenters. The summed E-state index contributed by atoms with van der Waals surface area (Å²) in [6.45, 7) is 5.10. The lowest BCUT2D eigenvalue weighted by Gasteiger charge is -2.23. The molecule has 2 N–H and O–H groups in total. The number of alkyl carbamates (subject to hydrolysis) is 1. The lowest BCUT2D eigenvalue weighted by molar-refractivity contribution is 0.0506. The number of benzene rings is 1. The van der Waals surface area contributed by atoms with Gasteiger partial charge in [0, 0.05) is 6.61 Å². The molecule has 0 aromatic heterocycles. The van der Waals surface area contributed by atoms with Crippen molar-refractivity contribution in [3.05, 3.63) is 47.8 Å². The molecule has 0 radical (unpaired) electrons. The smallest absolute Gasteiger partial charge is 0.408 e. The van der Waals surface area contributed by atoms with Crippen LogP contribution in [0.2, 0.25) is 0 Å². The number of ether oxygens (including phenoxy) is 1. The van der Waals surface area contributed by atoms with Gasteiger partial charge in [-0.25, -0.2) is 9.18 Å². The highest BCUT2D eigenvalue weighted by Crippen LogP contribution is 2.14. The molecule has 0 bridgehead atoms. The first-order valence-corrected chi connectivity index (χ1v) is 7.31. The first-order valence-electron chi connectivity index (χ1n) is 7.31. The van der Waals surface area contributed by atoms with Crippen LogP contribution in [0.15, 0.2) is 42.2 Å². The van der Waals surface area contributed by atoms with Crippen LogP contribution < -0.4 is 5.32 Å². The van der Waals surface area contributed by atoms with E-state index in [9.17, 15) is 9.18 Å². The van der Waals surface area contributed by atoms with Crippen molar-refractivity contribution in [3.8, 4) is 0 Å². The Morgan fingerprint density at radius 1 is 1.36 bits per heavy atom. The van der Waals surface area contributed by atoms with Crippen molar-refractivity contribution in [1.29, 1.82) is 0 Å². The molecule has 0 fully saturated rings. The van der Waals surface area contributed by atoms with Gasteiger partial charge in [-0.05, 0) is 45.3 Å². The van der Waals surface area contributed by atoms with Gasteiger partial charge in [-0.15, -0.1) is 0 Å². The van der Waals surface area contributed by atoms with E-state index in [0.717, 1.165) is 5.56 Å². The fraction of sp³-hybridized carbons (Fsp3) is 0.471. The quantitative estimate of drug-likeness (QED) is 0.847. The van der Waals surface area contributed by atoms with Crippen molar-refractivity contribution < 1.29 is 19.0 Å². The number of hydrogen-bond acceptors (Lipinski definition) is 3. The van der Waals surface area contributed by atoms with Gasteiger partial charge in [0.1, 0.15) is 11.4 Å². The topological polar surface area (TPSA) is 58.6 Å². The zero-order valence-corrected chi connectivity index (χ0v) is 13.3. The first kappa shape index (κ1) is 18.2. The molecule has 0 saturated heterocycles. The van der Waals surface area contributed by atoms with E-state index in [2.05, 4.69) is 5.32 Å². The number of carbonyl (C=O) groups is 1. The molecule has 1 amide bonds.